The SMILES string of the molecule is Cc1ccc(CN2CC(c3nc(-c4ccc(C(C)C)cc4)no3)CC2=O)cc1. The molecule has 1 unspecified atom stereocenters. The van der Waals surface area contributed by atoms with Crippen LogP contribution in [-0.2, 0) is 11.3 Å². The first-order chi connectivity index (χ1) is 13.5. The van der Waals surface area contributed by atoms with E-state index in [1.165, 1.54) is 11.1 Å². The number of nitrogens with zero attached hydrogens (tertiary/aromatic N) is 3. The van der Waals surface area contributed by atoms with Gasteiger partial charge in [-0.25, -0.2) is 0 Å². The van der Waals surface area contributed by atoms with E-state index in [4.69, 9.17) is 4.52 Å². The molecule has 0 N–H and O–H groups in total. The standard InChI is InChI=1S/C23H25N3O2/c1-15(2)18-8-10-19(11-9-18)22-24-23(28-25-22)20-12-21(27)26(14-20)13-17-6-4-16(3)5-7-17/h4-11,15,20H,12-14H2,1-3H3. The van der Waals surface area contributed by atoms with Crippen molar-refractivity contribution in [3.05, 3.63) is 71.1 Å². The molecule has 1 aliphatic heterocycles. The average molecular weight is 375 g/mol. The molecule has 0 saturated carbocycles. The van der Waals surface area contributed by atoms with Gasteiger partial charge in [0, 0.05) is 25.1 Å². The van der Waals surface area contributed by atoms with Crippen molar-refractivity contribution >= 4 is 5.91 Å². The Kier molecular flexibility index (Phi) is 4.99. The van der Waals surface area contributed by atoms with Gasteiger partial charge < -0.3 is 9.42 Å². The van der Waals surface area contributed by atoms with Gasteiger partial charge in [0.15, 0.2) is 0 Å². The Morgan fingerprint density at radius 2 is 1.82 bits per heavy atom. The molecule has 144 valence electrons. The second-order valence-corrected chi connectivity index (χ2v) is 7.89. The van der Waals surface area contributed by atoms with Crippen molar-refractivity contribution in [1.82, 2.24) is 15.0 Å². The summed E-state index contributed by atoms with van der Waals surface area (Å²) < 4.78 is 5.50. The van der Waals surface area contributed by atoms with Crippen LogP contribution in [0.25, 0.3) is 11.4 Å². The molecule has 1 saturated heterocycles. The lowest BCUT2D eigenvalue weighted by atomic mass is 10.0. The van der Waals surface area contributed by atoms with Crippen LogP contribution in [0.5, 0.6) is 0 Å². The summed E-state index contributed by atoms with van der Waals surface area (Å²) in [6, 6.07) is 16.5. The molecule has 1 aromatic heterocycles. The Morgan fingerprint density at radius 1 is 1.11 bits per heavy atom. The zero-order valence-electron chi connectivity index (χ0n) is 16.6. The summed E-state index contributed by atoms with van der Waals surface area (Å²) in [7, 11) is 0. The van der Waals surface area contributed by atoms with Crippen LogP contribution in [0.1, 0.15) is 54.7 Å². The van der Waals surface area contributed by atoms with E-state index in [9.17, 15) is 4.79 Å². The van der Waals surface area contributed by atoms with Gasteiger partial charge in [0.25, 0.3) is 0 Å². The van der Waals surface area contributed by atoms with Crippen molar-refractivity contribution in [2.45, 2.75) is 45.6 Å². The van der Waals surface area contributed by atoms with Gasteiger partial charge in [0.2, 0.25) is 17.6 Å². The molecule has 0 spiro atoms. The maximum Gasteiger partial charge on any atom is 0.232 e. The van der Waals surface area contributed by atoms with Crippen molar-refractivity contribution < 1.29 is 9.32 Å². The molecule has 2 aromatic carbocycles. The molecule has 5 nitrogen and oxygen atoms in total. The van der Waals surface area contributed by atoms with E-state index in [1.807, 2.05) is 17.0 Å². The van der Waals surface area contributed by atoms with Gasteiger partial charge >= 0.3 is 0 Å². The van der Waals surface area contributed by atoms with Gasteiger partial charge in [-0.15, -0.1) is 0 Å². The lowest BCUT2D eigenvalue weighted by Gasteiger charge is -2.16. The predicted molar refractivity (Wildman–Crippen MR) is 108 cm³/mol. The normalized spacial score (nSPS) is 16.9. The topological polar surface area (TPSA) is 59.2 Å². The smallest absolute Gasteiger partial charge is 0.232 e. The lowest BCUT2D eigenvalue weighted by Crippen LogP contribution is -2.24. The third-order valence-electron chi connectivity index (χ3n) is 5.34. The Bertz CT molecular complexity index is 958. The molecule has 1 aliphatic rings. The van der Waals surface area contributed by atoms with E-state index in [2.05, 4.69) is 67.3 Å². The Hall–Kier alpha value is -2.95. The number of aromatic nitrogens is 2. The van der Waals surface area contributed by atoms with E-state index in [0.717, 1.165) is 11.1 Å². The highest BCUT2D eigenvalue weighted by Gasteiger charge is 2.34. The summed E-state index contributed by atoms with van der Waals surface area (Å²) in [6.07, 6.45) is 0.416. The molecule has 1 amide bonds. The molecule has 0 aliphatic carbocycles. The van der Waals surface area contributed by atoms with Crippen molar-refractivity contribution in [2.75, 3.05) is 6.54 Å². The third kappa shape index (κ3) is 3.84. The minimum atomic E-state index is -0.0471. The Balaban J connectivity index is 1.45. The number of rotatable bonds is 5. The second kappa shape index (κ2) is 7.58. The monoisotopic (exact) mass is 375 g/mol. The third-order valence-corrected chi connectivity index (χ3v) is 5.34. The van der Waals surface area contributed by atoms with Crippen LogP contribution in [0.3, 0.4) is 0 Å². The number of likely N-dealkylation sites (tertiary alicyclic amines) is 1. The lowest BCUT2D eigenvalue weighted by molar-refractivity contribution is -0.128. The van der Waals surface area contributed by atoms with Crippen molar-refractivity contribution in [2.24, 2.45) is 0 Å². The zero-order valence-corrected chi connectivity index (χ0v) is 16.6. The number of hydrogen-bond acceptors (Lipinski definition) is 4. The molecular formula is C23H25N3O2. The Labute approximate surface area is 165 Å². The van der Waals surface area contributed by atoms with Crippen molar-refractivity contribution in [1.29, 1.82) is 0 Å². The van der Waals surface area contributed by atoms with Gasteiger partial charge in [-0.2, -0.15) is 4.98 Å². The first kappa shape index (κ1) is 18.4. The molecule has 2 heterocycles. The van der Waals surface area contributed by atoms with E-state index < -0.39 is 0 Å². The van der Waals surface area contributed by atoms with Gasteiger partial charge in [-0.05, 0) is 24.0 Å². The number of aryl methyl sites for hydroxylation is 1. The zero-order chi connectivity index (χ0) is 19.7. The molecule has 28 heavy (non-hydrogen) atoms. The number of carbonyl (C=O) groups is 1. The molecule has 3 aromatic rings. The van der Waals surface area contributed by atoms with Gasteiger partial charge in [0.1, 0.15) is 0 Å². The first-order valence-corrected chi connectivity index (χ1v) is 9.77. The fraction of sp³-hybridized carbons (Fsp3) is 0.348. The molecular weight excluding hydrogens is 350 g/mol. The predicted octanol–water partition coefficient (Wildman–Crippen LogP) is 4.68. The summed E-state index contributed by atoms with van der Waals surface area (Å²) in [4.78, 5) is 18.9. The number of amides is 1. The van der Waals surface area contributed by atoms with Crippen molar-refractivity contribution in [3.8, 4) is 11.4 Å². The quantitative estimate of drug-likeness (QED) is 0.649. The summed E-state index contributed by atoms with van der Waals surface area (Å²) in [5, 5.41) is 4.13. The van der Waals surface area contributed by atoms with Gasteiger partial charge in [0.05, 0.1) is 5.92 Å². The Morgan fingerprint density at radius 3 is 2.50 bits per heavy atom. The van der Waals surface area contributed by atoms with Crippen LogP contribution in [0, 0.1) is 6.92 Å². The number of hydrogen-bond donors (Lipinski definition) is 0. The minimum Gasteiger partial charge on any atom is -0.339 e. The maximum absolute atomic E-state index is 12.4. The van der Waals surface area contributed by atoms with E-state index >= 15 is 0 Å². The average Bonchev–Trinajstić information content (AvgIpc) is 3.31. The highest BCUT2D eigenvalue weighted by molar-refractivity contribution is 5.79. The van der Waals surface area contributed by atoms with E-state index in [-0.39, 0.29) is 11.8 Å². The highest BCUT2D eigenvalue weighted by atomic mass is 16.5. The largest absolute Gasteiger partial charge is 0.339 e. The molecule has 4 rings (SSSR count). The van der Waals surface area contributed by atoms with Crippen LogP contribution >= 0.6 is 0 Å². The van der Waals surface area contributed by atoms with Crippen LogP contribution in [-0.4, -0.2) is 27.5 Å². The fourth-order valence-corrected chi connectivity index (χ4v) is 3.54. The minimum absolute atomic E-state index is 0.0471. The highest BCUT2D eigenvalue weighted by Crippen LogP contribution is 2.30. The number of carbonyl (C=O) groups excluding carboxylic acids is 1. The molecule has 1 fully saturated rings. The van der Waals surface area contributed by atoms with Crippen molar-refractivity contribution in [3.63, 3.8) is 0 Å². The summed E-state index contributed by atoms with van der Waals surface area (Å²) >= 11 is 0. The van der Waals surface area contributed by atoms with Crippen LogP contribution in [0.2, 0.25) is 0 Å². The second-order valence-electron chi connectivity index (χ2n) is 7.89. The first-order valence-electron chi connectivity index (χ1n) is 9.77. The van der Waals surface area contributed by atoms with Crippen LogP contribution in [0.4, 0.5) is 0 Å². The summed E-state index contributed by atoms with van der Waals surface area (Å²) in [5.41, 5.74) is 4.56. The fourth-order valence-electron chi connectivity index (χ4n) is 3.54. The van der Waals surface area contributed by atoms with E-state index in [0.29, 0.717) is 37.1 Å². The molecule has 0 bridgehead atoms. The van der Waals surface area contributed by atoms with Gasteiger partial charge in [-0.1, -0.05) is 73.1 Å². The molecule has 0 radical (unpaired) electrons. The maximum atomic E-state index is 12.4. The van der Waals surface area contributed by atoms with E-state index in [1.54, 1.807) is 0 Å². The molecule has 5 heteroatoms. The van der Waals surface area contributed by atoms with Crippen LogP contribution in [0.15, 0.2) is 53.1 Å². The van der Waals surface area contributed by atoms with Crippen LogP contribution < -0.4 is 0 Å². The number of benzene rings is 2. The summed E-state index contributed by atoms with van der Waals surface area (Å²) in [6.45, 7) is 7.63. The molecule has 1 atom stereocenters. The summed E-state index contributed by atoms with van der Waals surface area (Å²) in [5.74, 6) is 1.69. The van der Waals surface area contributed by atoms with Gasteiger partial charge in [-0.3, -0.25) is 4.79 Å².